The molecule has 0 saturated carbocycles. The van der Waals surface area contributed by atoms with Crippen molar-refractivity contribution >= 4 is 5.69 Å². The van der Waals surface area contributed by atoms with E-state index in [9.17, 15) is 0 Å². The first-order valence-electron chi connectivity index (χ1n) is 4.38. The summed E-state index contributed by atoms with van der Waals surface area (Å²) in [5.41, 5.74) is 8.13. The molecule has 0 fully saturated rings. The molecule has 0 radical (unpaired) electrons. The fourth-order valence-electron chi connectivity index (χ4n) is 1.30. The third-order valence-corrected chi connectivity index (χ3v) is 2.27. The summed E-state index contributed by atoms with van der Waals surface area (Å²) in [6.07, 6.45) is 3.46. The van der Waals surface area contributed by atoms with Crippen LogP contribution in [0.4, 0.5) is 5.69 Å². The van der Waals surface area contributed by atoms with Crippen molar-refractivity contribution < 1.29 is 0 Å². The highest BCUT2D eigenvalue weighted by Gasteiger charge is 2.05. The number of aryl methyl sites for hydroxylation is 1. The molecule has 4 heteroatoms. The second-order valence-electron chi connectivity index (χ2n) is 3.23. The standard InChI is InChI=1S/C10H12N4/c1-7-12-6-10(14(7)2)9-4-3-8(11)5-13-9/h3-6H,11H2,1-2H3. The number of nitrogen functional groups attached to an aromatic ring is 1. The molecule has 0 saturated heterocycles. The van der Waals surface area contributed by atoms with E-state index in [0.29, 0.717) is 5.69 Å². The first-order chi connectivity index (χ1) is 6.68. The van der Waals surface area contributed by atoms with Gasteiger partial charge in [0.2, 0.25) is 0 Å². The number of nitrogens with zero attached hydrogens (tertiary/aromatic N) is 3. The summed E-state index contributed by atoms with van der Waals surface area (Å²) in [7, 11) is 1.97. The maximum atomic E-state index is 5.56. The average Bonchev–Trinajstić information content (AvgIpc) is 2.50. The van der Waals surface area contributed by atoms with Crippen LogP contribution in [0.5, 0.6) is 0 Å². The van der Waals surface area contributed by atoms with E-state index in [1.165, 1.54) is 0 Å². The number of aromatic nitrogens is 3. The lowest BCUT2D eigenvalue weighted by Gasteiger charge is -2.02. The van der Waals surface area contributed by atoms with Crippen LogP contribution in [0.2, 0.25) is 0 Å². The van der Waals surface area contributed by atoms with E-state index in [4.69, 9.17) is 5.73 Å². The van der Waals surface area contributed by atoms with Crippen molar-refractivity contribution in [2.24, 2.45) is 7.05 Å². The Morgan fingerprint density at radius 1 is 1.21 bits per heavy atom. The lowest BCUT2D eigenvalue weighted by Crippen LogP contribution is -1.96. The molecule has 0 aliphatic carbocycles. The summed E-state index contributed by atoms with van der Waals surface area (Å²) in [5, 5.41) is 0. The lowest BCUT2D eigenvalue weighted by molar-refractivity contribution is 0.862. The van der Waals surface area contributed by atoms with E-state index in [1.54, 1.807) is 6.20 Å². The molecule has 72 valence electrons. The largest absolute Gasteiger partial charge is 0.397 e. The van der Waals surface area contributed by atoms with Gasteiger partial charge in [-0.3, -0.25) is 4.98 Å². The van der Waals surface area contributed by atoms with Crippen LogP contribution in [0.25, 0.3) is 11.4 Å². The molecule has 0 atom stereocenters. The van der Waals surface area contributed by atoms with Gasteiger partial charge in [0.15, 0.2) is 0 Å². The maximum absolute atomic E-state index is 5.56. The number of nitrogens with two attached hydrogens (primary N) is 1. The molecule has 0 aliphatic heterocycles. The van der Waals surface area contributed by atoms with Crippen LogP contribution in [0.3, 0.4) is 0 Å². The molecule has 2 N–H and O–H groups in total. The van der Waals surface area contributed by atoms with Gasteiger partial charge in [-0.1, -0.05) is 0 Å². The van der Waals surface area contributed by atoms with Crippen LogP contribution >= 0.6 is 0 Å². The van der Waals surface area contributed by atoms with Gasteiger partial charge in [0, 0.05) is 7.05 Å². The van der Waals surface area contributed by atoms with Gasteiger partial charge < -0.3 is 10.3 Å². The maximum Gasteiger partial charge on any atom is 0.105 e. The van der Waals surface area contributed by atoms with Gasteiger partial charge in [-0.15, -0.1) is 0 Å². The Balaban J connectivity index is 2.49. The summed E-state index contributed by atoms with van der Waals surface area (Å²) in [5.74, 6) is 0.971. The molecule has 0 amide bonds. The number of hydrogen-bond donors (Lipinski definition) is 1. The molecule has 2 heterocycles. The van der Waals surface area contributed by atoms with E-state index in [-0.39, 0.29) is 0 Å². The summed E-state index contributed by atoms with van der Waals surface area (Å²) in [6.45, 7) is 1.96. The smallest absolute Gasteiger partial charge is 0.105 e. The SMILES string of the molecule is Cc1ncc(-c2ccc(N)cn2)n1C. The summed E-state index contributed by atoms with van der Waals surface area (Å²) >= 11 is 0. The average molecular weight is 188 g/mol. The summed E-state index contributed by atoms with van der Waals surface area (Å²) in [4.78, 5) is 8.44. The van der Waals surface area contributed by atoms with Crippen molar-refractivity contribution in [2.45, 2.75) is 6.92 Å². The topological polar surface area (TPSA) is 56.7 Å². The van der Waals surface area contributed by atoms with E-state index in [1.807, 2.05) is 36.9 Å². The van der Waals surface area contributed by atoms with Crippen molar-refractivity contribution in [3.63, 3.8) is 0 Å². The van der Waals surface area contributed by atoms with Crippen LogP contribution < -0.4 is 5.73 Å². The fourth-order valence-corrected chi connectivity index (χ4v) is 1.30. The Kier molecular flexibility index (Phi) is 1.96. The van der Waals surface area contributed by atoms with Crippen LogP contribution in [0.1, 0.15) is 5.82 Å². The Morgan fingerprint density at radius 3 is 2.50 bits per heavy atom. The molecule has 2 rings (SSSR count). The van der Waals surface area contributed by atoms with Crippen molar-refractivity contribution in [1.29, 1.82) is 0 Å². The quantitative estimate of drug-likeness (QED) is 0.735. The zero-order valence-electron chi connectivity index (χ0n) is 8.23. The van der Waals surface area contributed by atoms with Crippen molar-refractivity contribution in [2.75, 3.05) is 5.73 Å². The second kappa shape index (κ2) is 3.14. The molecule has 2 aromatic rings. The highest BCUT2D eigenvalue weighted by molar-refractivity contribution is 5.56. The molecule has 0 aromatic carbocycles. The van der Waals surface area contributed by atoms with Crippen molar-refractivity contribution in [3.05, 3.63) is 30.4 Å². The predicted molar refractivity (Wildman–Crippen MR) is 55.6 cm³/mol. The van der Waals surface area contributed by atoms with E-state index >= 15 is 0 Å². The van der Waals surface area contributed by atoms with E-state index in [2.05, 4.69) is 9.97 Å². The monoisotopic (exact) mass is 188 g/mol. The van der Waals surface area contributed by atoms with Gasteiger partial charge in [0.1, 0.15) is 5.82 Å². The fraction of sp³-hybridized carbons (Fsp3) is 0.200. The number of anilines is 1. The van der Waals surface area contributed by atoms with Gasteiger partial charge in [0.25, 0.3) is 0 Å². The van der Waals surface area contributed by atoms with Gasteiger partial charge in [0.05, 0.1) is 29.5 Å². The minimum atomic E-state index is 0.674. The van der Waals surface area contributed by atoms with Crippen LogP contribution in [0.15, 0.2) is 24.5 Å². The van der Waals surface area contributed by atoms with E-state index in [0.717, 1.165) is 17.2 Å². The normalized spacial score (nSPS) is 10.4. The Labute approximate surface area is 82.4 Å². The first kappa shape index (κ1) is 8.74. The molecule has 4 nitrogen and oxygen atoms in total. The van der Waals surface area contributed by atoms with Crippen LogP contribution in [0, 0.1) is 6.92 Å². The molecule has 2 aromatic heterocycles. The summed E-state index contributed by atoms with van der Waals surface area (Å²) in [6, 6.07) is 3.73. The minimum absolute atomic E-state index is 0.674. The van der Waals surface area contributed by atoms with Gasteiger partial charge in [-0.2, -0.15) is 0 Å². The van der Waals surface area contributed by atoms with Crippen LogP contribution in [-0.4, -0.2) is 14.5 Å². The lowest BCUT2D eigenvalue weighted by atomic mass is 10.3. The zero-order chi connectivity index (χ0) is 10.1. The zero-order valence-corrected chi connectivity index (χ0v) is 8.23. The van der Waals surface area contributed by atoms with Crippen molar-refractivity contribution in [3.8, 4) is 11.4 Å². The van der Waals surface area contributed by atoms with Gasteiger partial charge in [-0.25, -0.2) is 4.98 Å². The Hall–Kier alpha value is -1.84. The molecule has 0 unspecified atom stereocenters. The van der Waals surface area contributed by atoms with E-state index < -0.39 is 0 Å². The molecular weight excluding hydrogens is 176 g/mol. The van der Waals surface area contributed by atoms with Gasteiger partial charge in [-0.05, 0) is 19.1 Å². The molecule has 0 aliphatic rings. The predicted octanol–water partition coefficient (Wildman–Crippen LogP) is 1.37. The minimum Gasteiger partial charge on any atom is -0.397 e. The third kappa shape index (κ3) is 1.35. The molecule has 0 bridgehead atoms. The molecule has 14 heavy (non-hydrogen) atoms. The van der Waals surface area contributed by atoms with Crippen LogP contribution in [-0.2, 0) is 7.05 Å². The van der Waals surface area contributed by atoms with Gasteiger partial charge >= 0.3 is 0 Å². The highest BCUT2D eigenvalue weighted by Crippen LogP contribution is 2.17. The third-order valence-electron chi connectivity index (χ3n) is 2.27. The number of pyridine rings is 1. The Morgan fingerprint density at radius 2 is 2.00 bits per heavy atom. The molecular formula is C10H12N4. The molecule has 0 spiro atoms. The second-order valence-corrected chi connectivity index (χ2v) is 3.23. The van der Waals surface area contributed by atoms with Crippen molar-refractivity contribution in [1.82, 2.24) is 14.5 Å². The number of imidazole rings is 1. The highest BCUT2D eigenvalue weighted by atomic mass is 15.1. The number of rotatable bonds is 1. The summed E-state index contributed by atoms with van der Waals surface area (Å²) < 4.78 is 2.00. The Bertz CT molecular complexity index is 442. The number of hydrogen-bond acceptors (Lipinski definition) is 3. The first-order valence-corrected chi connectivity index (χ1v) is 4.38.